The van der Waals surface area contributed by atoms with E-state index in [1.807, 2.05) is 18.2 Å². The van der Waals surface area contributed by atoms with E-state index in [0.717, 1.165) is 38.4 Å². The van der Waals surface area contributed by atoms with Gasteiger partial charge in [-0.3, -0.25) is 19.4 Å². The summed E-state index contributed by atoms with van der Waals surface area (Å²) in [6.45, 7) is 5.24. The number of rotatable bonds is 8. The molecule has 1 fully saturated rings. The lowest BCUT2D eigenvalue weighted by Gasteiger charge is -2.32. The number of anilines is 1. The number of hydrogen-bond acceptors (Lipinski definition) is 7. The first-order chi connectivity index (χ1) is 15.5. The van der Waals surface area contributed by atoms with E-state index in [4.69, 9.17) is 0 Å². The number of carbonyl (C=O) groups is 3. The second-order valence-corrected chi connectivity index (χ2v) is 8.14. The second-order valence-electron chi connectivity index (χ2n) is 6.90. The molecule has 166 valence electrons. The zero-order valence-electron chi connectivity index (χ0n) is 18.0. The van der Waals surface area contributed by atoms with Gasteiger partial charge in [-0.2, -0.15) is 0 Å². The van der Waals surface area contributed by atoms with Crippen LogP contribution in [0.4, 0.5) is 10.5 Å². The molecule has 0 saturated carbocycles. The van der Waals surface area contributed by atoms with Gasteiger partial charge < -0.3 is 4.90 Å². The summed E-state index contributed by atoms with van der Waals surface area (Å²) in [5.74, 6) is -1.12. The number of benzene rings is 1. The first-order valence-electron chi connectivity index (χ1n) is 10.4. The quantitative estimate of drug-likeness (QED) is 0.187. The third-order valence-corrected chi connectivity index (χ3v) is 6.27. The number of barbiturate groups is 1. The summed E-state index contributed by atoms with van der Waals surface area (Å²) in [6, 6.07) is 7.59. The van der Waals surface area contributed by atoms with Gasteiger partial charge in [0.2, 0.25) is 0 Å². The number of fused-ring (bicyclic) bond motifs is 1. The highest BCUT2D eigenvalue weighted by molar-refractivity contribution is 8.03. The van der Waals surface area contributed by atoms with Crippen molar-refractivity contribution in [1.82, 2.24) is 9.80 Å². The molecule has 3 rings (SSSR count). The molecular formula is C23H24N4O3S2. The summed E-state index contributed by atoms with van der Waals surface area (Å²) >= 11 is 6.29. The number of allylic oxidation sites excluding steroid dienone is 4. The molecule has 32 heavy (non-hydrogen) atoms. The van der Waals surface area contributed by atoms with Crippen molar-refractivity contribution in [2.24, 2.45) is 4.99 Å². The monoisotopic (exact) mass is 468 g/mol. The predicted molar refractivity (Wildman–Crippen MR) is 130 cm³/mol. The number of imide groups is 2. The van der Waals surface area contributed by atoms with E-state index in [2.05, 4.69) is 39.4 Å². The predicted octanol–water partition coefficient (Wildman–Crippen LogP) is 4.25. The number of thioether (sulfide) groups is 1. The Labute approximate surface area is 197 Å². The lowest BCUT2D eigenvalue weighted by atomic mass is 10.1. The summed E-state index contributed by atoms with van der Waals surface area (Å²) in [4.78, 5) is 46.9. The SMILES string of the molecule is CCN1C(=O)C(=C/C=C/C=C2\Sc3ccccc3N2CCCN=C=S)C(=O)N(CC)C1=O. The number of aliphatic imine (C=N–C) groups is 1. The molecule has 0 N–H and O–H groups in total. The van der Waals surface area contributed by atoms with Crippen molar-refractivity contribution in [2.75, 3.05) is 31.1 Å². The molecule has 2 aliphatic heterocycles. The molecule has 0 radical (unpaired) electrons. The number of amides is 4. The fourth-order valence-corrected chi connectivity index (χ4v) is 4.65. The fraction of sp³-hybridized carbons (Fsp3) is 0.304. The maximum absolute atomic E-state index is 12.6. The van der Waals surface area contributed by atoms with Crippen LogP contribution >= 0.6 is 24.0 Å². The van der Waals surface area contributed by atoms with Crippen LogP contribution in [0.5, 0.6) is 0 Å². The zero-order chi connectivity index (χ0) is 23.1. The molecule has 9 heteroatoms. The Morgan fingerprint density at radius 2 is 1.66 bits per heavy atom. The molecule has 4 amide bonds. The van der Waals surface area contributed by atoms with Gasteiger partial charge in [0.05, 0.1) is 22.4 Å². The Kier molecular flexibility index (Phi) is 8.16. The van der Waals surface area contributed by atoms with E-state index in [-0.39, 0.29) is 18.7 Å². The van der Waals surface area contributed by atoms with Crippen LogP contribution in [-0.4, -0.2) is 59.0 Å². The molecule has 0 atom stereocenters. The lowest BCUT2D eigenvalue weighted by molar-refractivity contribution is -0.135. The highest BCUT2D eigenvalue weighted by Gasteiger charge is 2.40. The molecule has 0 spiro atoms. The minimum Gasteiger partial charge on any atom is -0.335 e. The average Bonchev–Trinajstić information content (AvgIpc) is 3.14. The fourth-order valence-electron chi connectivity index (χ4n) is 3.45. The van der Waals surface area contributed by atoms with Gasteiger partial charge in [0.1, 0.15) is 5.57 Å². The van der Waals surface area contributed by atoms with Crippen LogP contribution in [0, 0.1) is 0 Å². The Morgan fingerprint density at radius 1 is 1.00 bits per heavy atom. The highest BCUT2D eigenvalue weighted by Crippen LogP contribution is 2.45. The van der Waals surface area contributed by atoms with Crippen molar-refractivity contribution >= 4 is 52.7 Å². The lowest BCUT2D eigenvalue weighted by Crippen LogP contribution is -2.56. The van der Waals surface area contributed by atoms with E-state index >= 15 is 0 Å². The number of nitrogens with zero attached hydrogens (tertiary/aromatic N) is 4. The van der Waals surface area contributed by atoms with Gasteiger partial charge in [-0.1, -0.05) is 36.0 Å². The Morgan fingerprint density at radius 3 is 2.31 bits per heavy atom. The number of hydrogen-bond donors (Lipinski definition) is 0. The molecule has 2 heterocycles. The molecule has 0 bridgehead atoms. The van der Waals surface area contributed by atoms with Crippen LogP contribution in [0.3, 0.4) is 0 Å². The molecular weight excluding hydrogens is 444 g/mol. The van der Waals surface area contributed by atoms with Crippen LogP contribution < -0.4 is 4.90 Å². The molecule has 1 aromatic rings. The van der Waals surface area contributed by atoms with Crippen molar-refractivity contribution in [2.45, 2.75) is 25.2 Å². The molecule has 0 unspecified atom stereocenters. The topological polar surface area (TPSA) is 73.3 Å². The minimum absolute atomic E-state index is 0.0137. The number of carbonyl (C=O) groups excluding carboxylic acids is 3. The first-order valence-corrected chi connectivity index (χ1v) is 11.6. The summed E-state index contributed by atoms with van der Waals surface area (Å²) < 4.78 is 0. The normalized spacial score (nSPS) is 17.4. The maximum atomic E-state index is 12.6. The van der Waals surface area contributed by atoms with Gasteiger partial charge in [0, 0.05) is 24.5 Å². The second kappa shape index (κ2) is 11.0. The molecule has 2 aliphatic rings. The van der Waals surface area contributed by atoms with Crippen molar-refractivity contribution < 1.29 is 14.4 Å². The van der Waals surface area contributed by atoms with E-state index in [9.17, 15) is 14.4 Å². The van der Waals surface area contributed by atoms with Crippen LogP contribution in [0.1, 0.15) is 20.3 Å². The van der Waals surface area contributed by atoms with Gasteiger partial charge in [-0.15, -0.1) is 0 Å². The summed E-state index contributed by atoms with van der Waals surface area (Å²) in [6.07, 6.45) is 7.72. The Hall–Kier alpha value is -3.00. The standard InChI is InChI=1S/C23H24N4O3S2/c1-3-25-21(28)17(22(29)26(4-2)23(25)30)10-5-8-13-20-27(15-9-14-24-16-31)18-11-6-7-12-19(18)32-20/h5-8,10-13H,3-4,9,14-15H2,1-2H3/b8-5+,20-13-. The number of para-hydroxylation sites is 1. The number of likely N-dealkylation sites (N-methyl/N-ethyl adjacent to an activating group) is 2. The smallest absolute Gasteiger partial charge is 0.333 e. The molecule has 7 nitrogen and oxygen atoms in total. The van der Waals surface area contributed by atoms with Crippen molar-refractivity contribution in [3.05, 3.63) is 59.2 Å². The average molecular weight is 469 g/mol. The number of isothiocyanates is 1. The van der Waals surface area contributed by atoms with Gasteiger partial charge in [-0.25, -0.2) is 9.79 Å². The van der Waals surface area contributed by atoms with Crippen molar-refractivity contribution in [3.8, 4) is 0 Å². The molecule has 0 aliphatic carbocycles. The minimum atomic E-state index is -0.568. The maximum Gasteiger partial charge on any atom is 0.333 e. The van der Waals surface area contributed by atoms with Crippen LogP contribution in [0.25, 0.3) is 0 Å². The summed E-state index contributed by atoms with van der Waals surface area (Å²) in [7, 11) is 0. The third-order valence-electron chi connectivity index (χ3n) is 5.01. The van der Waals surface area contributed by atoms with E-state index < -0.39 is 17.8 Å². The Balaban J connectivity index is 1.80. The number of urea groups is 1. The van der Waals surface area contributed by atoms with Crippen LogP contribution in [0.15, 0.2) is 69.1 Å². The zero-order valence-corrected chi connectivity index (χ0v) is 19.6. The largest absolute Gasteiger partial charge is 0.335 e. The molecule has 1 aromatic carbocycles. The summed E-state index contributed by atoms with van der Waals surface area (Å²) in [5, 5.41) is 3.43. The molecule has 0 aromatic heterocycles. The Bertz CT molecular complexity index is 1030. The van der Waals surface area contributed by atoms with Gasteiger partial charge in [0.25, 0.3) is 11.8 Å². The van der Waals surface area contributed by atoms with Crippen LogP contribution in [-0.2, 0) is 9.59 Å². The van der Waals surface area contributed by atoms with Gasteiger partial charge in [0.15, 0.2) is 0 Å². The third kappa shape index (κ3) is 4.91. The van der Waals surface area contributed by atoms with Crippen molar-refractivity contribution in [3.63, 3.8) is 0 Å². The van der Waals surface area contributed by atoms with E-state index in [0.29, 0.717) is 6.54 Å². The summed E-state index contributed by atoms with van der Waals surface area (Å²) in [5.41, 5.74) is 1.12. The van der Waals surface area contributed by atoms with E-state index in [1.54, 1.807) is 37.8 Å². The van der Waals surface area contributed by atoms with Gasteiger partial charge in [-0.05, 0) is 56.8 Å². The van der Waals surface area contributed by atoms with Crippen molar-refractivity contribution in [1.29, 1.82) is 0 Å². The highest BCUT2D eigenvalue weighted by atomic mass is 32.2. The first kappa shape index (κ1) is 23.7. The number of thiocarbonyl (C=S) groups is 1. The van der Waals surface area contributed by atoms with Gasteiger partial charge >= 0.3 is 6.03 Å². The molecule has 1 saturated heterocycles. The van der Waals surface area contributed by atoms with E-state index in [1.165, 1.54) is 6.08 Å². The van der Waals surface area contributed by atoms with Crippen LogP contribution in [0.2, 0.25) is 0 Å².